The normalized spacial score (nSPS) is 16.8. The van der Waals surface area contributed by atoms with E-state index in [-0.39, 0.29) is 30.4 Å². The predicted molar refractivity (Wildman–Crippen MR) is 91.6 cm³/mol. The summed E-state index contributed by atoms with van der Waals surface area (Å²) < 4.78 is 15.8. The van der Waals surface area contributed by atoms with Gasteiger partial charge in [0.1, 0.15) is 5.82 Å². The quantitative estimate of drug-likeness (QED) is 0.684. The number of rotatable bonds is 1. The van der Waals surface area contributed by atoms with Gasteiger partial charge in [0.15, 0.2) is 0 Å². The van der Waals surface area contributed by atoms with Crippen LogP contribution in [0.5, 0.6) is 0 Å². The molecule has 0 fully saturated rings. The Balaban J connectivity index is 2.24. The standard InChI is InChI=1S/C14H17ClN4O3S/c1-9-8-11(15)10(2)16-12(9)19-13(20)17-4-6-23(3,22)7-5-18(17)14(19)21/h8H,3-7H2,1-2H3. The van der Waals surface area contributed by atoms with Crippen LogP contribution in [0.25, 0.3) is 5.82 Å². The Labute approximate surface area is 138 Å². The first kappa shape index (κ1) is 16.1. The lowest BCUT2D eigenvalue weighted by molar-refractivity contribution is 0.480. The third kappa shape index (κ3) is 2.66. The molecule has 0 saturated carbocycles. The summed E-state index contributed by atoms with van der Waals surface area (Å²) in [5.74, 6) is 4.53. The smallest absolute Gasteiger partial charge is 0.268 e. The molecule has 0 amide bonds. The minimum atomic E-state index is -2.25. The van der Waals surface area contributed by atoms with Gasteiger partial charge in [0, 0.05) is 11.5 Å². The average molecular weight is 357 g/mol. The van der Waals surface area contributed by atoms with Crippen molar-refractivity contribution in [2.75, 3.05) is 11.5 Å². The number of hydrogen-bond acceptors (Lipinski definition) is 4. The van der Waals surface area contributed by atoms with Crippen molar-refractivity contribution in [3.8, 4) is 5.82 Å². The molecule has 9 heteroatoms. The number of halogens is 1. The minimum absolute atomic E-state index is 0.203. The fourth-order valence-electron chi connectivity index (χ4n) is 2.63. The maximum Gasteiger partial charge on any atom is 0.353 e. The second kappa shape index (κ2) is 5.38. The van der Waals surface area contributed by atoms with Crippen LogP contribution in [0.15, 0.2) is 15.7 Å². The van der Waals surface area contributed by atoms with Gasteiger partial charge in [0.25, 0.3) is 0 Å². The summed E-state index contributed by atoms with van der Waals surface area (Å²) in [4.78, 5) is 29.6. The zero-order valence-corrected chi connectivity index (χ0v) is 14.5. The van der Waals surface area contributed by atoms with Crippen molar-refractivity contribution < 1.29 is 4.21 Å². The van der Waals surface area contributed by atoms with E-state index in [4.69, 9.17) is 11.6 Å². The van der Waals surface area contributed by atoms with Gasteiger partial charge in [-0.15, -0.1) is 0 Å². The monoisotopic (exact) mass is 356 g/mol. The third-order valence-corrected chi connectivity index (χ3v) is 6.23. The molecule has 0 bridgehead atoms. The summed E-state index contributed by atoms with van der Waals surface area (Å²) in [7, 11) is -2.25. The molecule has 124 valence electrons. The van der Waals surface area contributed by atoms with Crippen LogP contribution in [-0.4, -0.2) is 40.5 Å². The molecule has 0 radical (unpaired) electrons. The molecule has 0 spiro atoms. The zero-order chi connectivity index (χ0) is 16.9. The van der Waals surface area contributed by atoms with Gasteiger partial charge in [0.05, 0.1) is 23.8 Å². The molecule has 0 aliphatic carbocycles. The summed E-state index contributed by atoms with van der Waals surface area (Å²) in [6.45, 7) is 3.87. The summed E-state index contributed by atoms with van der Waals surface area (Å²) in [5.41, 5.74) is 0.224. The van der Waals surface area contributed by atoms with E-state index in [9.17, 15) is 13.8 Å². The van der Waals surface area contributed by atoms with Gasteiger partial charge in [-0.05, 0) is 40.9 Å². The summed E-state index contributed by atoms with van der Waals surface area (Å²) >= 11 is 6.03. The molecule has 3 heterocycles. The van der Waals surface area contributed by atoms with Crippen LogP contribution in [0.3, 0.4) is 0 Å². The summed E-state index contributed by atoms with van der Waals surface area (Å²) in [6, 6.07) is 1.68. The number of aryl methyl sites for hydroxylation is 2. The molecule has 23 heavy (non-hydrogen) atoms. The maximum absolute atomic E-state index is 12.7. The highest BCUT2D eigenvalue weighted by Crippen LogP contribution is 2.18. The lowest BCUT2D eigenvalue weighted by Crippen LogP contribution is -2.30. The van der Waals surface area contributed by atoms with E-state index in [1.165, 1.54) is 9.36 Å². The Morgan fingerprint density at radius 1 is 1.17 bits per heavy atom. The molecular weight excluding hydrogens is 340 g/mol. The van der Waals surface area contributed by atoms with E-state index in [0.717, 1.165) is 4.57 Å². The second-order valence-electron chi connectivity index (χ2n) is 5.72. The van der Waals surface area contributed by atoms with Gasteiger partial charge >= 0.3 is 11.4 Å². The number of hydrogen-bond donors (Lipinski definition) is 0. The Hall–Kier alpha value is -1.80. The van der Waals surface area contributed by atoms with Crippen LogP contribution in [0.2, 0.25) is 5.02 Å². The molecule has 0 aromatic carbocycles. The topological polar surface area (TPSA) is 78.9 Å². The van der Waals surface area contributed by atoms with Gasteiger partial charge < -0.3 is 0 Å². The Morgan fingerprint density at radius 3 is 2.22 bits per heavy atom. The van der Waals surface area contributed by atoms with Crippen molar-refractivity contribution in [2.24, 2.45) is 0 Å². The molecule has 2 aromatic rings. The van der Waals surface area contributed by atoms with E-state index in [1.54, 1.807) is 19.9 Å². The van der Waals surface area contributed by atoms with Crippen LogP contribution in [0, 0.1) is 13.8 Å². The SMILES string of the molecule is C=S1(=O)CCn2c(=O)n(-c3nc(C)c(Cl)cc3C)c(=O)n2CC1. The summed E-state index contributed by atoms with van der Waals surface area (Å²) in [6.07, 6.45) is 0. The number of aromatic nitrogens is 4. The van der Waals surface area contributed by atoms with E-state index < -0.39 is 20.9 Å². The average Bonchev–Trinajstić information content (AvgIpc) is 2.59. The number of pyridine rings is 1. The second-order valence-corrected chi connectivity index (χ2v) is 8.87. The zero-order valence-electron chi connectivity index (χ0n) is 12.9. The Kier molecular flexibility index (Phi) is 3.76. The summed E-state index contributed by atoms with van der Waals surface area (Å²) in [5, 5.41) is 0.483. The van der Waals surface area contributed by atoms with Crippen LogP contribution >= 0.6 is 11.6 Å². The van der Waals surface area contributed by atoms with E-state index in [0.29, 0.717) is 16.3 Å². The van der Waals surface area contributed by atoms with Crippen molar-refractivity contribution in [3.63, 3.8) is 0 Å². The third-order valence-electron chi connectivity index (χ3n) is 3.99. The highest BCUT2D eigenvalue weighted by Gasteiger charge is 2.23. The first-order valence-corrected chi connectivity index (χ1v) is 9.55. The highest BCUT2D eigenvalue weighted by molar-refractivity contribution is 8.00. The van der Waals surface area contributed by atoms with Gasteiger partial charge in [-0.2, -0.15) is 4.57 Å². The van der Waals surface area contributed by atoms with Gasteiger partial charge in [-0.3, -0.25) is 4.21 Å². The molecular formula is C14H17ClN4O3S. The van der Waals surface area contributed by atoms with Crippen LogP contribution in [-0.2, 0) is 22.6 Å². The molecule has 3 rings (SSSR count). The highest BCUT2D eigenvalue weighted by atomic mass is 35.5. The molecule has 0 unspecified atom stereocenters. The maximum atomic E-state index is 12.7. The van der Waals surface area contributed by atoms with Crippen molar-refractivity contribution in [1.82, 2.24) is 18.9 Å². The van der Waals surface area contributed by atoms with Crippen LogP contribution in [0.1, 0.15) is 11.3 Å². The molecule has 2 aromatic heterocycles. The van der Waals surface area contributed by atoms with Crippen molar-refractivity contribution in [3.05, 3.63) is 43.3 Å². The van der Waals surface area contributed by atoms with Gasteiger partial charge in [0.2, 0.25) is 0 Å². The van der Waals surface area contributed by atoms with E-state index >= 15 is 0 Å². The largest absolute Gasteiger partial charge is 0.353 e. The molecule has 0 atom stereocenters. The fourth-order valence-corrected chi connectivity index (χ4v) is 4.05. The van der Waals surface area contributed by atoms with E-state index in [1.807, 2.05) is 0 Å². The van der Waals surface area contributed by atoms with Crippen molar-refractivity contribution in [2.45, 2.75) is 26.9 Å². The van der Waals surface area contributed by atoms with E-state index in [2.05, 4.69) is 10.9 Å². The lowest BCUT2D eigenvalue weighted by Gasteiger charge is -2.07. The van der Waals surface area contributed by atoms with Gasteiger partial charge in [-0.25, -0.2) is 23.9 Å². The Morgan fingerprint density at radius 2 is 1.70 bits per heavy atom. The first-order valence-electron chi connectivity index (χ1n) is 7.10. The van der Waals surface area contributed by atoms with Crippen LogP contribution in [0.4, 0.5) is 0 Å². The fraction of sp³-hybridized carbons (Fsp3) is 0.429. The molecule has 1 aliphatic heterocycles. The molecule has 0 saturated heterocycles. The molecule has 1 aliphatic rings. The first-order chi connectivity index (χ1) is 10.7. The molecule has 0 N–H and O–H groups in total. The predicted octanol–water partition coefficient (Wildman–Crippen LogP) is 0.196. The molecule has 7 nitrogen and oxygen atoms in total. The van der Waals surface area contributed by atoms with Gasteiger partial charge in [-0.1, -0.05) is 11.6 Å². The van der Waals surface area contributed by atoms with Crippen molar-refractivity contribution in [1.29, 1.82) is 0 Å². The number of nitrogens with zero attached hydrogens (tertiary/aromatic N) is 4. The Bertz CT molecular complexity index is 968. The minimum Gasteiger partial charge on any atom is -0.268 e. The van der Waals surface area contributed by atoms with Crippen molar-refractivity contribution >= 4 is 27.0 Å². The van der Waals surface area contributed by atoms with Crippen LogP contribution < -0.4 is 11.4 Å². The lowest BCUT2D eigenvalue weighted by atomic mass is 10.2. The number of fused-ring (bicyclic) bond motifs is 1.